The second kappa shape index (κ2) is 4.31. The molecule has 0 aliphatic carbocycles. The number of hydrogen-bond donors (Lipinski definition) is 0. The van der Waals surface area contributed by atoms with E-state index < -0.39 is 0 Å². The molecule has 0 fully saturated rings. The van der Waals surface area contributed by atoms with Gasteiger partial charge in [-0.05, 0) is 12.5 Å². The summed E-state index contributed by atoms with van der Waals surface area (Å²) in [6.07, 6.45) is 0. The van der Waals surface area contributed by atoms with E-state index >= 15 is 0 Å². The fourth-order valence-electron chi connectivity index (χ4n) is 0.566. The van der Waals surface area contributed by atoms with Gasteiger partial charge in [0.2, 0.25) is 0 Å². The molecule has 0 atom stereocenters. The first-order valence-corrected chi connectivity index (χ1v) is 4.11. The van der Waals surface area contributed by atoms with E-state index in [0.717, 1.165) is 16.6 Å². The standard InChI is InChI=1S/C10H20NO/c1-9(2)10(3)12-8-7-11(4,5)6/h1,3,7-8H2,2,4-6H3/q+1. The van der Waals surface area contributed by atoms with Crippen molar-refractivity contribution in [2.75, 3.05) is 34.3 Å². The van der Waals surface area contributed by atoms with Gasteiger partial charge in [0.1, 0.15) is 18.9 Å². The highest BCUT2D eigenvalue weighted by Crippen LogP contribution is 2.05. The van der Waals surface area contributed by atoms with Crippen molar-refractivity contribution < 1.29 is 9.22 Å². The first-order chi connectivity index (χ1) is 5.33. The largest absolute Gasteiger partial charge is 0.488 e. The zero-order chi connectivity index (χ0) is 9.78. The van der Waals surface area contributed by atoms with E-state index in [0.29, 0.717) is 12.4 Å². The van der Waals surface area contributed by atoms with Gasteiger partial charge in [0, 0.05) is 0 Å². The minimum absolute atomic E-state index is 0.698. The molecule has 2 heteroatoms. The van der Waals surface area contributed by atoms with Crippen molar-refractivity contribution in [2.24, 2.45) is 0 Å². The third-order valence-electron chi connectivity index (χ3n) is 1.51. The van der Waals surface area contributed by atoms with Gasteiger partial charge in [0.05, 0.1) is 21.1 Å². The summed E-state index contributed by atoms with van der Waals surface area (Å²) in [4.78, 5) is 0. The summed E-state index contributed by atoms with van der Waals surface area (Å²) in [6, 6.07) is 0. The summed E-state index contributed by atoms with van der Waals surface area (Å²) in [7, 11) is 6.40. The Morgan fingerprint density at radius 3 is 2.08 bits per heavy atom. The van der Waals surface area contributed by atoms with Crippen molar-refractivity contribution in [1.82, 2.24) is 0 Å². The highest BCUT2D eigenvalue weighted by molar-refractivity contribution is 5.15. The van der Waals surface area contributed by atoms with Crippen LogP contribution in [0, 0.1) is 0 Å². The fourth-order valence-corrected chi connectivity index (χ4v) is 0.566. The number of hydrogen-bond acceptors (Lipinski definition) is 1. The third-order valence-corrected chi connectivity index (χ3v) is 1.51. The maximum atomic E-state index is 5.37. The fraction of sp³-hybridized carbons (Fsp3) is 0.600. The number of rotatable bonds is 5. The van der Waals surface area contributed by atoms with Gasteiger partial charge in [-0.1, -0.05) is 13.2 Å². The molecule has 0 aromatic rings. The Morgan fingerprint density at radius 1 is 1.25 bits per heavy atom. The second-order valence-corrected chi connectivity index (χ2v) is 4.07. The van der Waals surface area contributed by atoms with Gasteiger partial charge in [-0.15, -0.1) is 0 Å². The molecule has 0 rings (SSSR count). The van der Waals surface area contributed by atoms with Crippen LogP contribution in [-0.2, 0) is 4.74 Å². The molecule has 0 aliphatic heterocycles. The van der Waals surface area contributed by atoms with Crippen LogP contribution in [0.15, 0.2) is 24.5 Å². The van der Waals surface area contributed by atoms with Gasteiger partial charge < -0.3 is 9.22 Å². The lowest BCUT2D eigenvalue weighted by atomic mass is 10.3. The van der Waals surface area contributed by atoms with Crippen LogP contribution in [0.4, 0.5) is 0 Å². The minimum Gasteiger partial charge on any atom is -0.488 e. The number of ether oxygens (including phenoxy) is 1. The van der Waals surface area contributed by atoms with Crippen molar-refractivity contribution in [1.29, 1.82) is 0 Å². The van der Waals surface area contributed by atoms with Gasteiger partial charge in [-0.2, -0.15) is 0 Å². The van der Waals surface area contributed by atoms with Gasteiger partial charge >= 0.3 is 0 Å². The monoisotopic (exact) mass is 170 g/mol. The van der Waals surface area contributed by atoms with Gasteiger partial charge in [-0.25, -0.2) is 0 Å². The van der Waals surface area contributed by atoms with Gasteiger partial charge in [0.25, 0.3) is 0 Å². The van der Waals surface area contributed by atoms with Crippen LogP contribution in [0.3, 0.4) is 0 Å². The van der Waals surface area contributed by atoms with Crippen LogP contribution in [0.5, 0.6) is 0 Å². The summed E-state index contributed by atoms with van der Waals surface area (Å²) >= 11 is 0. The first kappa shape index (κ1) is 11.2. The molecular weight excluding hydrogens is 150 g/mol. The number of allylic oxidation sites excluding steroid dienone is 1. The smallest absolute Gasteiger partial charge is 0.137 e. The maximum absolute atomic E-state index is 5.37. The van der Waals surface area contributed by atoms with E-state index in [1.807, 2.05) is 6.92 Å². The second-order valence-electron chi connectivity index (χ2n) is 4.07. The third kappa shape index (κ3) is 5.98. The summed E-state index contributed by atoms with van der Waals surface area (Å²) in [5, 5.41) is 0. The zero-order valence-electron chi connectivity index (χ0n) is 8.68. The van der Waals surface area contributed by atoms with E-state index in [9.17, 15) is 0 Å². The quantitative estimate of drug-likeness (QED) is 0.347. The maximum Gasteiger partial charge on any atom is 0.137 e. The summed E-state index contributed by atoms with van der Waals surface area (Å²) in [6.45, 7) is 11.1. The van der Waals surface area contributed by atoms with E-state index in [1.165, 1.54) is 0 Å². The van der Waals surface area contributed by atoms with Crippen LogP contribution < -0.4 is 0 Å². The normalized spacial score (nSPS) is 11.0. The summed E-state index contributed by atoms with van der Waals surface area (Å²) < 4.78 is 6.28. The molecule has 0 unspecified atom stereocenters. The Bertz CT molecular complexity index is 177. The van der Waals surface area contributed by atoms with Crippen LogP contribution in [0.1, 0.15) is 6.92 Å². The molecule has 0 amide bonds. The zero-order valence-corrected chi connectivity index (χ0v) is 8.68. The van der Waals surface area contributed by atoms with E-state index in [4.69, 9.17) is 4.74 Å². The van der Waals surface area contributed by atoms with Crippen molar-refractivity contribution in [2.45, 2.75) is 6.92 Å². The van der Waals surface area contributed by atoms with Crippen LogP contribution in [0.25, 0.3) is 0 Å². The first-order valence-electron chi connectivity index (χ1n) is 4.11. The lowest BCUT2D eigenvalue weighted by molar-refractivity contribution is -0.870. The Hall–Kier alpha value is -0.760. The van der Waals surface area contributed by atoms with Crippen molar-refractivity contribution in [3.63, 3.8) is 0 Å². The molecule has 0 aromatic carbocycles. The lowest BCUT2D eigenvalue weighted by Crippen LogP contribution is -2.37. The molecule has 0 heterocycles. The van der Waals surface area contributed by atoms with Crippen molar-refractivity contribution >= 4 is 0 Å². The number of quaternary nitrogens is 1. The minimum atomic E-state index is 0.698. The molecule has 0 aliphatic rings. The molecule has 0 aromatic heterocycles. The molecule has 0 spiro atoms. The highest BCUT2D eigenvalue weighted by Gasteiger charge is 2.06. The van der Waals surface area contributed by atoms with Crippen LogP contribution in [0.2, 0.25) is 0 Å². The Labute approximate surface area is 75.7 Å². The molecule has 0 saturated heterocycles. The Morgan fingerprint density at radius 2 is 1.75 bits per heavy atom. The van der Waals surface area contributed by atoms with E-state index in [1.54, 1.807) is 0 Å². The topological polar surface area (TPSA) is 9.23 Å². The van der Waals surface area contributed by atoms with E-state index in [2.05, 4.69) is 34.3 Å². The lowest BCUT2D eigenvalue weighted by Gasteiger charge is -2.23. The molecule has 0 N–H and O–H groups in total. The SMILES string of the molecule is C=C(C)C(=C)OCC[N+](C)(C)C. The Balaban J connectivity index is 3.58. The van der Waals surface area contributed by atoms with Crippen LogP contribution in [-0.4, -0.2) is 38.8 Å². The van der Waals surface area contributed by atoms with Gasteiger partial charge in [-0.3, -0.25) is 0 Å². The molecule has 0 saturated carbocycles. The van der Waals surface area contributed by atoms with Gasteiger partial charge in [0.15, 0.2) is 0 Å². The highest BCUT2D eigenvalue weighted by atomic mass is 16.5. The van der Waals surface area contributed by atoms with E-state index in [-0.39, 0.29) is 0 Å². The molecule has 2 nitrogen and oxygen atoms in total. The molecule has 70 valence electrons. The van der Waals surface area contributed by atoms with Crippen LogP contribution >= 0.6 is 0 Å². The number of likely N-dealkylation sites (N-methyl/N-ethyl adjacent to an activating group) is 1. The average Bonchev–Trinajstić information content (AvgIpc) is 1.84. The molecule has 12 heavy (non-hydrogen) atoms. The van der Waals surface area contributed by atoms with Crippen molar-refractivity contribution in [3.8, 4) is 0 Å². The molecular formula is C10H20NO+. The summed E-state index contributed by atoms with van der Waals surface area (Å²) in [5.41, 5.74) is 0.899. The predicted octanol–water partition coefficient (Wildman–Crippen LogP) is 1.80. The summed E-state index contributed by atoms with van der Waals surface area (Å²) in [5.74, 6) is 0.698. The predicted molar refractivity (Wildman–Crippen MR) is 52.8 cm³/mol. The van der Waals surface area contributed by atoms with Crippen molar-refractivity contribution in [3.05, 3.63) is 24.5 Å². The Kier molecular flexibility index (Phi) is 4.04. The molecule has 0 radical (unpaired) electrons. The average molecular weight is 170 g/mol. The molecule has 0 bridgehead atoms. The number of nitrogens with zero attached hydrogens (tertiary/aromatic N) is 1.